The highest BCUT2D eigenvalue weighted by Crippen LogP contribution is 2.35. The van der Waals surface area contributed by atoms with Crippen LogP contribution in [0.5, 0.6) is 11.5 Å². The van der Waals surface area contributed by atoms with Crippen LogP contribution >= 0.6 is 22.6 Å². The highest BCUT2D eigenvalue weighted by Gasteiger charge is 2.25. The summed E-state index contributed by atoms with van der Waals surface area (Å²) in [6, 6.07) is 12.9. The molecule has 3 aromatic rings. The van der Waals surface area contributed by atoms with Crippen molar-refractivity contribution in [2.24, 2.45) is 0 Å². The van der Waals surface area contributed by atoms with Crippen LogP contribution in [0.25, 0.3) is 10.9 Å². The Bertz CT molecular complexity index is 919. The molecule has 2 aromatic carbocycles. The third-order valence-electron chi connectivity index (χ3n) is 4.91. The number of halogens is 1. The fourth-order valence-electron chi connectivity index (χ4n) is 3.74. The third kappa shape index (κ3) is 3.00. The standard InChI is InChI=1S/C20H21IN2O2/c1-24-17-7-6-12(11-18(17)25-2)10-16-20-13(8-9-22-16)19-14(21)4-3-5-15(19)23-20/h3-7,11,16,22-23H,8-10H2,1-2H3. The van der Waals surface area contributed by atoms with Crippen molar-refractivity contribution in [3.63, 3.8) is 0 Å². The second-order valence-electron chi connectivity index (χ2n) is 6.33. The minimum absolute atomic E-state index is 0.282. The van der Waals surface area contributed by atoms with Crippen molar-refractivity contribution in [2.45, 2.75) is 18.9 Å². The van der Waals surface area contributed by atoms with Crippen LogP contribution in [0.1, 0.15) is 22.9 Å². The van der Waals surface area contributed by atoms with Crippen molar-refractivity contribution in [3.8, 4) is 11.5 Å². The normalized spacial score (nSPS) is 16.7. The van der Waals surface area contributed by atoms with Gasteiger partial charge in [-0.3, -0.25) is 0 Å². The number of ether oxygens (including phenoxy) is 2. The van der Waals surface area contributed by atoms with E-state index in [0.717, 1.165) is 30.9 Å². The number of aromatic amines is 1. The lowest BCUT2D eigenvalue weighted by molar-refractivity contribution is 0.354. The molecule has 0 amide bonds. The van der Waals surface area contributed by atoms with E-state index in [4.69, 9.17) is 9.47 Å². The van der Waals surface area contributed by atoms with Gasteiger partial charge in [0.25, 0.3) is 0 Å². The Kier molecular flexibility index (Phi) is 4.60. The van der Waals surface area contributed by atoms with Gasteiger partial charge >= 0.3 is 0 Å². The summed E-state index contributed by atoms with van der Waals surface area (Å²) in [7, 11) is 3.34. The van der Waals surface area contributed by atoms with Gasteiger partial charge in [-0.1, -0.05) is 12.1 Å². The van der Waals surface area contributed by atoms with E-state index in [1.807, 2.05) is 6.07 Å². The maximum absolute atomic E-state index is 5.45. The van der Waals surface area contributed by atoms with Crippen molar-refractivity contribution in [1.82, 2.24) is 10.3 Å². The zero-order valence-electron chi connectivity index (χ0n) is 14.4. The highest BCUT2D eigenvalue weighted by molar-refractivity contribution is 14.1. The minimum atomic E-state index is 0.282. The first kappa shape index (κ1) is 16.7. The van der Waals surface area contributed by atoms with Crippen molar-refractivity contribution >= 4 is 33.5 Å². The highest BCUT2D eigenvalue weighted by atomic mass is 127. The Hall–Kier alpha value is -1.73. The summed E-state index contributed by atoms with van der Waals surface area (Å²) in [4.78, 5) is 3.66. The molecule has 2 heterocycles. The molecule has 1 atom stereocenters. The average Bonchev–Trinajstić information content (AvgIpc) is 3.02. The Labute approximate surface area is 161 Å². The topological polar surface area (TPSA) is 46.3 Å². The number of hydrogen-bond acceptors (Lipinski definition) is 3. The molecule has 0 fully saturated rings. The summed E-state index contributed by atoms with van der Waals surface area (Å²) in [6.45, 7) is 1.00. The number of fused-ring (bicyclic) bond motifs is 3. The Morgan fingerprint density at radius 3 is 2.76 bits per heavy atom. The zero-order valence-corrected chi connectivity index (χ0v) is 16.5. The number of aromatic nitrogens is 1. The van der Waals surface area contributed by atoms with Crippen LogP contribution in [-0.4, -0.2) is 25.7 Å². The molecule has 130 valence electrons. The predicted molar refractivity (Wildman–Crippen MR) is 109 cm³/mol. The Balaban J connectivity index is 1.70. The van der Waals surface area contributed by atoms with E-state index >= 15 is 0 Å². The van der Waals surface area contributed by atoms with E-state index in [-0.39, 0.29) is 6.04 Å². The molecule has 5 heteroatoms. The Morgan fingerprint density at radius 2 is 1.96 bits per heavy atom. The molecule has 1 unspecified atom stereocenters. The van der Waals surface area contributed by atoms with Gasteiger partial charge in [-0.15, -0.1) is 0 Å². The zero-order chi connectivity index (χ0) is 17.4. The maximum atomic E-state index is 5.45. The maximum Gasteiger partial charge on any atom is 0.160 e. The quantitative estimate of drug-likeness (QED) is 0.588. The van der Waals surface area contributed by atoms with E-state index < -0.39 is 0 Å². The summed E-state index contributed by atoms with van der Waals surface area (Å²) >= 11 is 2.44. The first-order chi connectivity index (χ1) is 12.2. The van der Waals surface area contributed by atoms with Crippen molar-refractivity contribution in [1.29, 1.82) is 0 Å². The molecule has 2 N–H and O–H groups in total. The predicted octanol–water partition coefficient (Wildman–Crippen LogP) is 4.22. The van der Waals surface area contributed by atoms with Gasteiger partial charge in [0.05, 0.1) is 20.3 Å². The van der Waals surface area contributed by atoms with Crippen LogP contribution in [0.15, 0.2) is 36.4 Å². The number of methoxy groups -OCH3 is 2. The fraction of sp³-hybridized carbons (Fsp3) is 0.300. The number of nitrogens with one attached hydrogen (secondary N) is 2. The Morgan fingerprint density at radius 1 is 1.12 bits per heavy atom. The summed E-state index contributed by atoms with van der Waals surface area (Å²) in [5, 5.41) is 5.05. The van der Waals surface area contributed by atoms with Crippen LogP contribution in [0, 0.1) is 3.57 Å². The molecule has 0 saturated heterocycles. The van der Waals surface area contributed by atoms with E-state index in [2.05, 4.69) is 63.2 Å². The molecule has 0 bridgehead atoms. The molecule has 1 aromatic heterocycles. The monoisotopic (exact) mass is 448 g/mol. The first-order valence-corrected chi connectivity index (χ1v) is 9.52. The third-order valence-corrected chi connectivity index (χ3v) is 5.81. The van der Waals surface area contributed by atoms with E-state index in [1.54, 1.807) is 14.2 Å². The van der Waals surface area contributed by atoms with Crippen LogP contribution < -0.4 is 14.8 Å². The van der Waals surface area contributed by atoms with Gasteiger partial charge in [0.15, 0.2) is 11.5 Å². The smallest absolute Gasteiger partial charge is 0.160 e. The van der Waals surface area contributed by atoms with Crippen LogP contribution in [0.2, 0.25) is 0 Å². The molecule has 25 heavy (non-hydrogen) atoms. The SMILES string of the molecule is COc1ccc(CC2NCCc3c2[nH]c2cccc(I)c32)cc1OC. The lowest BCUT2D eigenvalue weighted by Gasteiger charge is -2.25. The van der Waals surface area contributed by atoms with Crippen molar-refractivity contribution < 1.29 is 9.47 Å². The van der Waals surface area contributed by atoms with Gasteiger partial charge in [0.1, 0.15) is 0 Å². The average molecular weight is 448 g/mol. The van der Waals surface area contributed by atoms with Crippen LogP contribution in [-0.2, 0) is 12.8 Å². The largest absolute Gasteiger partial charge is 0.493 e. The van der Waals surface area contributed by atoms with E-state index in [9.17, 15) is 0 Å². The van der Waals surface area contributed by atoms with Crippen molar-refractivity contribution in [2.75, 3.05) is 20.8 Å². The number of hydrogen-bond donors (Lipinski definition) is 2. The molecule has 4 nitrogen and oxygen atoms in total. The molecule has 0 saturated carbocycles. The van der Waals surface area contributed by atoms with Gasteiger partial charge in [-0.25, -0.2) is 0 Å². The van der Waals surface area contributed by atoms with Gasteiger partial charge in [0.2, 0.25) is 0 Å². The summed E-state index contributed by atoms with van der Waals surface area (Å²) < 4.78 is 12.1. The number of H-pyrrole nitrogens is 1. The van der Waals surface area contributed by atoms with Gasteiger partial charge in [0, 0.05) is 20.2 Å². The summed E-state index contributed by atoms with van der Waals surface area (Å²) in [6.07, 6.45) is 1.98. The fourth-order valence-corrected chi connectivity index (χ4v) is 4.56. The first-order valence-electron chi connectivity index (χ1n) is 8.44. The van der Waals surface area contributed by atoms with Crippen LogP contribution in [0.4, 0.5) is 0 Å². The molecule has 1 aliphatic rings. The van der Waals surface area contributed by atoms with Crippen LogP contribution in [0.3, 0.4) is 0 Å². The van der Waals surface area contributed by atoms with E-state index in [1.165, 1.54) is 31.3 Å². The van der Waals surface area contributed by atoms with Gasteiger partial charge in [-0.05, 0) is 77.4 Å². The molecule has 0 spiro atoms. The molecule has 4 rings (SSSR count). The second kappa shape index (κ2) is 6.88. The van der Waals surface area contributed by atoms with Crippen molar-refractivity contribution in [3.05, 3.63) is 56.8 Å². The van der Waals surface area contributed by atoms with E-state index in [0.29, 0.717) is 0 Å². The summed E-state index contributed by atoms with van der Waals surface area (Å²) in [5.41, 5.74) is 5.25. The number of benzene rings is 2. The second-order valence-corrected chi connectivity index (χ2v) is 7.49. The lowest BCUT2D eigenvalue weighted by atomic mass is 9.94. The van der Waals surface area contributed by atoms with Gasteiger partial charge in [-0.2, -0.15) is 0 Å². The molecule has 0 radical (unpaired) electrons. The lowest BCUT2D eigenvalue weighted by Crippen LogP contribution is -2.31. The summed E-state index contributed by atoms with van der Waals surface area (Å²) in [5.74, 6) is 1.55. The number of rotatable bonds is 4. The van der Waals surface area contributed by atoms with Gasteiger partial charge < -0.3 is 19.8 Å². The molecular formula is C20H21IN2O2. The molecule has 1 aliphatic heterocycles. The molecular weight excluding hydrogens is 427 g/mol. The molecule has 0 aliphatic carbocycles. The minimum Gasteiger partial charge on any atom is -0.493 e.